The van der Waals surface area contributed by atoms with Crippen LogP contribution in [0, 0.1) is 5.41 Å². The molecule has 0 amide bonds. The quantitative estimate of drug-likeness (QED) is 0.223. The van der Waals surface area contributed by atoms with Crippen LogP contribution in [0.3, 0.4) is 0 Å². The molecule has 0 spiro atoms. The zero-order valence-corrected chi connectivity index (χ0v) is 24.2. The monoisotopic (exact) mass is 499 g/mol. The average Bonchev–Trinajstić information content (AvgIpc) is 2.74. The van der Waals surface area contributed by atoms with Crippen LogP contribution in [-0.2, 0) is 14.3 Å². The van der Waals surface area contributed by atoms with Crippen LogP contribution in [0.15, 0.2) is 59.3 Å². The number of allylic oxidation sites excluding steroid dienone is 6. The van der Waals surface area contributed by atoms with E-state index in [0.717, 1.165) is 18.4 Å². The van der Waals surface area contributed by atoms with Gasteiger partial charge in [-0.3, -0.25) is 9.69 Å². The van der Waals surface area contributed by atoms with Gasteiger partial charge in [-0.2, -0.15) is 0 Å². The van der Waals surface area contributed by atoms with Crippen molar-refractivity contribution in [1.82, 2.24) is 4.90 Å². The molecule has 36 heavy (non-hydrogen) atoms. The summed E-state index contributed by atoms with van der Waals surface area (Å²) in [7, 11) is 0. The Labute approximate surface area is 219 Å². The van der Waals surface area contributed by atoms with Crippen molar-refractivity contribution in [3.63, 3.8) is 0 Å². The SMILES string of the molecule is CC(C)=CCC[C@]1(C)/C=C/[C@@H](OC(=O)C=C(C)C)[C@](C)(O)/C=C/C(=O)/C(CN(C(C)C)C(C)C)=C\C1. The summed E-state index contributed by atoms with van der Waals surface area (Å²) in [5.41, 5.74) is 0.941. The molecule has 0 fully saturated rings. The number of carbonyl (C=O) groups is 2. The Morgan fingerprint density at radius 2 is 1.72 bits per heavy atom. The van der Waals surface area contributed by atoms with Gasteiger partial charge in [0.15, 0.2) is 11.9 Å². The summed E-state index contributed by atoms with van der Waals surface area (Å²) in [6.07, 6.45) is 13.8. The predicted molar refractivity (Wildman–Crippen MR) is 150 cm³/mol. The lowest BCUT2D eigenvalue weighted by Crippen LogP contribution is -2.40. The fourth-order valence-corrected chi connectivity index (χ4v) is 4.22. The molecule has 0 aromatic heterocycles. The van der Waals surface area contributed by atoms with Crippen LogP contribution >= 0.6 is 0 Å². The van der Waals surface area contributed by atoms with Crippen LogP contribution in [-0.4, -0.2) is 52.1 Å². The molecule has 5 nitrogen and oxygen atoms in total. The fraction of sp³-hybridized carbons (Fsp3) is 0.613. The highest BCUT2D eigenvalue weighted by Crippen LogP contribution is 2.33. The van der Waals surface area contributed by atoms with Crippen LogP contribution in [0.1, 0.15) is 88.5 Å². The van der Waals surface area contributed by atoms with Gasteiger partial charge in [0.05, 0.1) is 0 Å². The van der Waals surface area contributed by atoms with Crippen LogP contribution in [0.2, 0.25) is 0 Å². The van der Waals surface area contributed by atoms with E-state index < -0.39 is 17.7 Å². The van der Waals surface area contributed by atoms with Crippen molar-refractivity contribution >= 4 is 11.8 Å². The highest BCUT2D eigenvalue weighted by atomic mass is 16.6. The number of hydrogen-bond acceptors (Lipinski definition) is 5. The summed E-state index contributed by atoms with van der Waals surface area (Å²) in [6, 6.07) is 0.568. The predicted octanol–water partition coefficient (Wildman–Crippen LogP) is 6.50. The van der Waals surface area contributed by atoms with Gasteiger partial charge in [0, 0.05) is 30.3 Å². The lowest BCUT2D eigenvalue weighted by molar-refractivity contribution is -0.148. The number of ketones is 1. The molecular weight excluding hydrogens is 450 g/mol. The number of esters is 1. The second kappa shape index (κ2) is 13.9. The minimum Gasteiger partial charge on any atom is -0.452 e. The number of hydrogen-bond donors (Lipinski definition) is 1. The molecule has 1 aliphatic rings. The van der Waals surface area contributed by atoms with E-state index in [-0.39, 0.29) is 23.3 Å². The molecule has 0 aromatic carbocycles. The van der Waals surface area contributed by atoms with Crippen molar-refractivity contribution in [2.45, 2.75) is 112 Å². The maximum absolute atomic E-state index is 13.4. The topological polar surface area (TPSA) is 66.8 Å². The minimum atomic E-state index is -1.55. The van der Waals surface area contributed by atoms with Crippen LogP contribution in [0.5, 0.6) is 0 Å². The lowest BCUT2D eigenvalue weighted by atomic mass is 9.80. The molecule has 202 valence electrons. The molecule has 0 saturated heterocycles. The third-order valence-corrected chi connectivity index (χ3v) is 6.55. The number of nitrogens with zero attached hydrogens (tertiary/aromatic N) is 1. The second-order valence-corrected chi connectivity index (χ2v) is 11.6. The van der Waals surface area contributed by atoms with Crippen molar-refractivity contribution in [2.75, 3.05) is 6.54 Å². The van der Waals surface area contributed by atoms with Gasteiger partial charge in [-0.15, -0.1) is 0 Å². The number of carbonyl (C=O) groups excluding carboxylic acids is 2. The van der Waals surface area contributed by atoms with Gasteiger partial charge in [-0.25, -0.2) is 4.79 Å². The largest absolute Gasteiger partial charge is 0.452 e. The smallest absolute Gasteiger partial charge is 0.331 e. The highest BCUT2D eigenvalue weighted by Gasteiger charge is 2.33. The number of aliphatic hydroxyl groups is 1. The molecule has 5 heteroatoms. The van der Waals surface area contributed by atoms with E-state index in [1.807, 2.05) is 19.9 Å². The normalized spacial score (nSPS) is 28.2. The summed E-state index contributed by atoms with van der Waals surface area (Å²) >= 11 is 0. The molecule has 1 N–H and O–H groups in total. The van der Waals surface area contributed by atoms with Crippen LogP contribution < -0.4 is 0 Å². The van der Waals surface area contributed by atoms with Gasteiger partial charge >= 0.3 is 5.97 Å². The molecule has 3 atom stereocenters. The Bertz CT molecular complexity index is 901. The van der Waals surface area contributed by atoms with Crippen molar-refractivity contribution in [3.8, 4) is 0 Å². The van der Waals surface area contributed by atoms with E-state index in [2.05, 4.69) is 65.5 Å². The molecule has 0 aliphatic heterocycles. The number of ether oxygens (including phenoxy) is 1. The third-order valence-electron chi connectivity index (χ3n) is 6.55. The molecule has 0 heterocycles. The van der Waals surface area contributed by atoms with Crippen molar-refractivity contribution < 1.29 is 19.4 Å². The summed E-state index contributed by atoms with van der Waals surface area (Å²) in [4.78, 5) is 28.1. The lowest BCUT2D eigenvalue weighted by Gasteiger charge is -2.31. The molecule has 0 radical (unpaired) electrons. The van der Waals surface area contributed by atoms with Gasteiger partial charge in [0.2, 0.25) is 0 Å². The van der Waals surface area contributed by atoms with Gasteiger partial charge in [-0.1, -0.05) is 36.3 Å². The zero-order chi connectivity index (χ0) is 27.7. The first kappa shape index (κ1) is 31.8. The summed E-state index contributed by atoms with van der Waals surface area (Å²) in [5, 5.41) is 11.3. The van der Waals surface area contributed by atoms with Crippen molar-refractivity contribution in [3.05, 3.63) is 59.3 Å². The van der Waals surface area contributed by atoms with Gasteiger partial charge in [0.25, 0.3) is 0 Å². The van der Waals surface area contributed by atoms with Crippen LogP contribution in [0.25, 0.3) is 0 Å². The van der Waals surface area contributed by atoms with Crippen LogP contribution in [0.4, 0.5) is 0 Å². The van der Waals surface area contributed by atoms with E-state index in [1.54, 1.807) is 13.0 Å². The van der Waals surface area contributed by atoms with E-state index in [9.17, 15) is 14.7 Å². The summed E-state index contributed by atoms with van der Waals surface area (Å²) in [6.45, 7) is 20.6. The van der Waals surface area contributed by atoms with E-state index in [1.165, 1.54) is 23.8 Å². The van der Waals surface area contributed by atoms with Gasteiger partial charge < -0.3 is 9.84 Å². The summed E-state index contributed by atoms with van der Waals surface area (Å²) < 4.78 is 5.66. The first-order valence-electron chi connectivity index (χ1n) is 13.2. The maximum atomic E-state index is 13.4. The van der Waals surface area contributed by atoms with Crippen molar-refractivity contribution in [1.29, 1.82) is 0 Å². The standard InChI is InChI=1S/C31H49NO4/c1-22(2)12-11-16-30(9)17-13-26(21-32(24(5)6)25(7)8)27(33)14-19-31(10,35)28(15-18-30)36-29(34)20-23(3)4/h12-15,18-20,24-25,28,35H,11,16-17,21H2,1-10H3/b18-15+,19-14+,26-13-/t28-,30+,31-/m1/s1. The first-order valence-corrected chi connectivity index (χ1v) is 13.2. The molecule has 0 aromatic rings. The van der Waals surface area contributed by atoms with Gasteiger partial charge in [0.1, 0.15) is 5.60 Å². The molecule has 0 bridgehead atoms. The number of rotatable bonds is 9. The molecular formula is C31H49NO4. The Hall–Kier alpha value is -2.24. The first-order chi connectivity index (χ1) is 16.6. The molecule has 1 rings (SSSR count). The van der Waals surface area contributed by atoms with Crippen molar-refractivity contribution in [2.24, 2.45) is 5.41 Å². The molecule has 0 unspecified atom stereocenters. The van der Waals surface area contributed by atoms with E-state index in [0.29, 0.717) is 18.5 Å². The highest BCUT2D eigenvalue weighted by molar-refractivity contribution is 6.04. The zero-order valence-electron chi connectivity index (χ0n) is 24.2. The second-order valence-electron chi connectivity index (χ2n) is 11.6. The fourth-order valence-electron chi connectivity index (χ4n) is 4.22. The van der Waals surface area contributed by atoms with Gasteiger partial charge in [-0.05, 0) is 105 Å². The third kappa shape index (κ3) is 10.8. The van der Waals surface area contributed by atoms with E-state index in [4.69, 9.17) is 4.74 Å². The average molecular weight is 500 g/mol. The Morgan fingerprint density at radius 1 is 1.11 bits per heavy atom. The molecule has 1 aliphatic carbocycles. The summed E-state index contributed by atoms with van der Waals surface area (Å²) in [5.74, 6) is -0.654. The Kier molecular flexibility index (Phi) is 12.3. The van der Waals surface area contributed by atoms with E-state index >= 15 is 0 Å². The minimum absolute atomic E-state index is 0.135. The molecule has 0 saturated carbocycles. The Balaban J connectivity index is 3.53. The Morgan fingerprint density at radius 3 is 2.25 bits per heavy atom. The maximum Gasteiger partial charge on any atom is 0.331 e.